The third kappa shape index (κ3) is 3.86. The molecule has 0 bridgehead atoms. The van der Waals surface area contributed by atoms with E-state index < -0.39 is 0 Å². The molecule has 1 saturated heterocycles. The lowest BCUT2D eigenvalue weighted by atomic mass is 10.3. The molecule has 2 rings (SSSR count). The van der Waals surface area contributed by atoms with Gasteiger partial charge in [-0.2, -0.15) is 0 Å². The summed E-state index contributed by atoms with van der Waals surface area (Å²) < 4.78 is 13.0. The molecule has 0 unspecified atom stereocenters. The Balaban J connectivity index is 1.72. The molecule has 17 heavy (non-hydrogen) atoms. The second-order valence-electron chi connectivity index (χ2n) is 4.45. The maximum Gasteiger partial charge on any atom is 0.125 e. The normalized spacial score (nSPS) is 16.4. The van der Waals surface area contributed by atoms with Crippen molar-refractivity contribution in [2.75, 3.05) is 31.5 Å². The van der Waals surface area contributed by atoms with Crippen LogP contribution in [0.15, 0.2) is 18.2 Å². The number of likely N-dealkylation sites (tertiary alicyclic amines) is 1. The van der Waals surface area contributed by atoms with Crippen LogP contribution in [0.2, 0.25) is 5.02 Å². The Morgan fingerprint density at radius 1 is 1.29 bits per heavy atom. The molecule has 0 radical (unpaired) electrons. The zero-order valence-corrected chi connectivity index (χ0v) is 10.6. The zero-order chi connectivity index (χ0) is 12.1. The Labute approximate surface area is 107 Å². The lowest BCUT2D eigenvalue weighted by Gasteiger charge is -2.15. The van der Waals surface area contributed by atoms with E-state index in [9.17, 15) is 4.39 Å². The molecule has 1 fully saturated rings. The number of nitrogens with zero attached hydrogens (tertiary/aromatic N) is 1. The average Bonchev–Trinajstić information content (AvgIpc) is 2.82. The lowest BCUT2D eigenvalue weighted by molar-refractivity contribution is 0.337. The van der Waals surface area contributed by atoms with E-state index >= 15 is 0 Å². The molecule has 0 saturated carbocycles. The van der Waals surface area contributed by atoms with E-state index in [2.05, 4.69) is 10.2 Å². The van der Waals surface area contributed by atoms with Crippen molar-refractivity contribution in [1.82, 2.24) is 4.90 Å². The minimum atomic E-state index is -0.253. The Morgan fingerprint density at radius 3 is 2.82 bits per heavy atom. The first-order valence-electron chi connectivity index (χ1n) is 6.17. The van der Waals surface area contributed by atoms with Gasteiger partial charge in [-0.15, -0.1) is 0 Å². The van der Waals surface area contributed by atoms with E-state index in [1.54, 1.807) is 6.07 Å². The fourth-order valence-corrected chi connectivity index (χ4v) is 2.35. The summed E-state index contributed by atoms with van der Waals surface area (Å²) in [6.45, 7) is 4.39. The van der Waals surface area contributed by atoms with E-state index in [-0.39, 0.29) is 5.82 Å². The molecule has 94 valence electrons. The number of halogens is 2. The Morgan fingerprint density at radius 2 is 2.06 bits per heavy atom. The van der Waals surface area contributed by atoms with Gasteiger partial charge in [0.05, 0.1) is 10.7 Å². The summed E-state index contributed by atoms with van der Waals surface area (Å²) in [5, 5.41) is 3.76. The largest absolute Gasteiger partial charge is 0.384 e. The molecular weight excluding hydrogens is 239 g/mol. The van der Waals surface area contributed by atoms with Crippen LogP contribution in [0.1, 0.15) is 19.3 Å². The molecule has 1 aliphatic rings. The predicted molar refractivity (Wildman–Crippen MR) is 70.2 cm³/mol. The van der Waals surface area contributed by atoms with Gasteiger partial charge < -0.3 is 10.2 Å². The Bertz CT molecular complexity index is 364. The first-order chi connectivity index (χ1) is 8.25. The van der Waals surface area contributed by atoms with E-state index in [4.69, 9.17) is 11.6 Å². The SMILES string of the molecule is Fc1ccc(Cl)c(NCCCN2CCCC2)c1. The minimum Gasteiger partial charge on any atom is -0.384 e. The highest BCUT2D eigenvalue weighted by atomic mass is 35.5. The smallest absolute Gasteiger partial charge is 0.125 e. The van der Waals surface area contributed by atoms with Crippen molar-refractivity contribution >= 4 is 17.3 Å². The average molecular weight is 257 g/mol. The second kappa shape index (κ2) is 6.22. The van der Waals surface area contributed by atoms with Gasteiger partial charge in [0.15, 0.2) is 0 Å². The third-order valence-corrected chi connectivity index (χ3v) is 3.42. The van der Waals surface area contributed by atoms with Crippen molar-refractivity contribution in [2.45, 2.75) is 19.3 Å². The van der Waals surface area contributed by atoms with Gasteiger partial charge in [-0.25, -0.2) is 4.39 Å². The fourth-order valence-electron chi connectivity index (χ4n) is 2.16. The number of benzene rings is 1. The molecule has 0 spiro atoms. The van der Waals surface area contributed by atoms with E-state index in [0.717, 1.165) is 19.5 Å². The summed E-state index contributed by atoms with van der Waals surface area (Å²) >= 11 is 5.96. The van der Waals surface area contributed by atoms with Crippen molar-refractivity contribution < 1.29 is 4.39 Å². The quantitative estimate of drug-likeness (QED) is 0.813. The van der Waals surface area contributed by atoms with Crippen LogP contribution >= 0.6 is 11.6 Å². The number of hydrogen-bond acceptors (Lipinski definition) is 2. The molecular formula is C13H18ClFN2. The van der Waals surface area contributed by atoms with Crippen molar-refractivity contribution in [2.24, 2.45) is 0 Å². The summed E-state index contributed by atoms with van der Waals surface area (Å²) in [6, 6.07) is 4.40. The van der Waals surface area contributed by atoms with Crippen LogP contribution in [0.4, 0.5) is 10.1 Å². The Kier molecular flexibility index (Phi) is 4.63. The highest BCUT2D eigenvalue weighted by molar-refractivity contribution is 6.33. The number of rotatable bonds is 5. The molecule has 1 aromatic rings. The highest BCUT2D eigenvalue weighted by Gasteiger charge is 2.10. The van der Waals surface area contributed by atoms with Gasteiger partial charge in [-0.05, 0) is 57.1 Å². The monoisotopic (exact) mass is 256 g/mol. The van der Waals surface area contributed by atoms with E-state index in [0.29, 0.717) is 10.7 Å². The van der Waals surface area contributed by atoms with Gasteiger partial charge in [-0.3, -0.25) is 0 Å². The standard InChI is InChI=1S/C13H18ClFN2/c14-12-5-4-11(15)10-13(12)16-6-3-9-17-7-1-2-8-17/h4-5,10,16H,1-3,6-9H2. The van der Waals surface area contributed by atoms with Crippen LogP contribution in [-0.4, -0.2) is 31.1 Å². The van der Waals surface area contributed by atoms with Gasteiger partial charge in [0, 0.05) is 6.54 Å². The van der Waals surface area contributed by atoms with Gasteiger partial charge in [-0.1, -0.05) is 11.6 Å². The topological polar surface area (TPSA) is 15.3 Å². The molecule has 0 aromatic heterocycles. The maximum atomic E-state index is 13.0. The van der Waals surface area contributed by atoms with Crippen molar-refractivity contribution in [3.8, 4) is 0 Å². The molecule has 1 aliphatic heterocycles. The summed E-state index contributed by atoms with van der Waals surface area (Å²) in [7, 11) is 0. The molecule has 0 amide bonds. The fraction of sp³-hybridized carbons (Fsp3) is 0.538. The van der Waals surface area contributed by atoms with Gasteiger partial charge in [0.2, 0.25) is 0 Å². The maximum absolute atomic E-state index is 13.0. The number of anilines is 1. The summed E-state index contributed by atoms with van der Waals surface area (Å²) in [5.41, 5.74) is 0.688. The van der Waals surface area contributed by atoms with E-state index in [1.807, 2.05) is 0 Å². The van der Waals surface area contributed by atoms with Crippen LogP contribution in [0.25, 0.3) is 0 Å². The molecule has 4 heteroatoms. The second-order valence-corrected chi connectivity index (χ2v) is 4.86. The van der Waals surface area contributed by atoms with Crippen molar-refractivity contribution in [3.63, 3.8) is 0 Å². The van der Waals surface area contributed by atoms with Crippen LogP contribution < -0.4 is 5.32 Å². The van der Waals surface area contributed by atoms with Gasteiger partial charge >= 0.3 is 0 Å². The van der Waals surface area contributed by atoms with Gasteiger partial charge in [0.1, 0.15) is 5.82 Å². The van der Waals surface area contributed by atoms with Gasteiger partial charge in [0.25, 0.3) is 0 Å². The summed E-state index contributed by atoms with van der Waals surface area (Å²) in [4.78, 5) is 2.47. The first-order valence-corrected chi connectivity index (χ1v) is 6.55. The molecule has 1 heterocycles. The van der Waals surface area contributed by atoms with Crippen molar-refractivity contribution in [1.29, 1.82) is 0 Å². The zero-order valence-electron chi connectivity index (χ0n) is 9.88. The molecule has 2 nitrogen and oxygen atoms in total. The molecule has 0 aliphatic carbocycles. The molecule has 1 N–H and O–H groups in total. The van der Waals surface area contributed by atoms with Crippen LogP contribution in [0, 0.1) is 5.82 Å². The lowest BCUT2D eigenvalue weighted by Crippen LogP contribution is -2.22. The number of nitrogens with one attached hydrogen (secondary N) is 1. The van der Waals surface area contributed by atoms with Crippen LogP contribution in [-0.2, 0) is 0 Å². The summed E-state index contributed by atoms with van der Waals surface area (Å²) in [5.74, 6) is -0.253. The predicted octanol–water partition coefficient (Wildman–Crippen LogP) is 3.38. The summed E-state index contributed by atoms with van der Waals surface area (Å²) in [6.07, 6.45) is 3.71. The molecule has 1 aromatic carbocycles. The number of hydrogen-bond donors (Lipinski definition) is 1. The molecule has 0 atom stereocenters. The minimum absolute atomic E-state index is 0.253. The van der Waals surface area contributed by atoms with Crippen LogP contribution in [0.5, 0.6) is 0 Å². The first kappa shape index (κ1) is 12.7. The highest BCUT2D eigenvalue weighted by Crippen LogP contribution is 2.22. The third-order valence-electron chi connectivity index (χ3n) is 3.09. The van der Waals surface area contributed by atoms with Crippen molar-refractivity contribution in [3.05, 3.63) is 29.0 Å². The van der Waals surface area contributed by atoms with Crippen LogP contribution in [0.3, 0.4) is 0 Å². The van der Waals surface area contributed by atoms with E-state index in [1.165, 1.54) is 38.1 Å². The Hall–Kier alpha value is -0.800.